The Kier molecular flexibility index (Phi) is 3.54. The molecule has 1 aromatic carbocycles. The second-order valence-electron chi connectivity index (χ2n) is 5.75. The molecule has 1 aliphatic rings. The Labute approximate surface area is 134 Å². The second kappa shape index (κ2) is 5.83. The van der Waals surface area contributed by atoms with Crippen LogP contribution in [-0.4, -0.2) is 22.1 Å². The van der Waals surface area contributed by atoms with Gasteiger partial charge in [0.15, 0.2) is 5.82 Å². The molecule has 116 valence electrons. The summed E-state index contributed by atoms with van der Waals surface area (Å²) < 4.78 is 5.34. The fourth-order valence-corrected chi connectivity index (χ4v) is 3.23. The summed E-state index contributed by atoms with van der Waals surface area (Å²) in [5.74, 6) is 1.71. The Morgan fingerprint density at radius 2 is 2.13 bits per heavy atom. The number of anilines is 1. The van der Waals surface area contributed by atoms with Gasteiger partial charge in [0.05, 0.1) is 18.7 Å². The van der Waals surface area contributed by atoms with Gasteiger partial charge in [0, 0.05) is 6.20 Å². The minimum Gasteiger partial charge on any atom is -0.497 e. The summed E-state index contributed by atoms with van der Waals surface area (Å²) >= 11 is 0. The topological polar surface area (TPSA) is 59.9 Å². The SMILES string of the molecule is COc1ccc2c(c1)CCCC2Nc1ncnc2cccnc12. The highest BCUT2D eigenvalue weighted by Crippen LogP contribution is 2.34. The van der Waals surface area contributed by atoms with Crippen LogP contribution < -0.4 is 10.1 Å². The zero-order valence-corrected chi connectivity index (χ0v) is 13.0. The van der Waals surface area contributed by atoms with E-state index in [4.69, 9.17) is 4.74 Å². The summed E-state index contributed by atoms with van der Waals surface area (Å²) in [7, 11) is 1.71. The van der Waals surface area contributed by atoms with E-state index in [0.29, 0.717) is 0 Å². The number of hydrogen-bond acceptors (Lipinski definition) is 5. The first-order valence-corrected chi connectivity index (χ1v) is 7.84. The standard InChI is InChI=1S/C18H18N4O/c1-23-13-7-8-14-12(10-13)4-2-5-15(14)22-18-17-16(20-11-21-18)6-3-9-19-17/h3,6-11,15H,2,4-5H2,1H3,(H,20,21,22). The van der Waals surface area contributed by atoms with Gasteiger partial charge in [-0.1, -0.05) is 6.07 Å². The van der Waals surface area contributed by atoms with Gasteiger partial charge in [-0.25, -0.2) is 9.97 Å². The van der Waals surface area contributed by atoms with E-state index in [9.17, 15) is 0 Å². The molecule has 0 aliphatic heterocycles. The molecular weight excluding hydrogens is 288 g/mol. The first-order valence-electron chi connectivity index (χ1n) is 7.84. The normalized spacial score (nSPS) is 16.8. The largest absolute Gasteiger partial charge is 0.497 e. The van der Waals surface area contributed by atoms with E-state index in [2.05, 4.69) is 32.4 Å². The van der Waals surface area contributed by atoms with Crippen molar-refractivity contribution in [2.75, 3.05) is 12.4 Å². The van der Waals surface area contributed by atoms with Gasteiger partial charge in [-0.3, -0.25) is 4.98 Å². The molecule has 2 heterocycles. The van der Waals surface area contributed by atoms with Crippen LogP contribution in [0.25, 0.3) is 11.0 Å². The van der Waals surface area contributed by atoms with Gasteiger partial charge in [0.1, 0.15) is 17.6 Å². The highest BCUT2D eigenvalue weighted by molar-refractivity contribution is 5.84. The number of ether oxygens (including phenoxy) is 1. The van der Waals surface area contributed by atoms with Crippen LogP contribution in [0.4, 0.5) is 5.82 Å². The molecule has 0 fully saturated rings. The Hall–Kier alpha value is -2.69. The van der Waals surface area contributed by atoms with Crippen molar-refractivity contribution in [2.45, 2.75) is 25.3 Å². The molecule has 1 unspecified atom stereocenters. The molecule has 1 atom stereocenters. The lowest BCUT2D eigenvalue weighted by molar-refractivity contribution is 0.413. The molecule has 0 saturated heterocycles. The molecular formula is C18H18N4O. The maximum Gasteiger partial charge on any atom is 0.156 e. The Morgan fingerprint density at radius 3 is 3.04 bits per heavy atom. The minimum absolute atomic E-state index is 0.241. The molecule has 2 aromatic heterocycles. The van der Waals surface area contributed by atoms with Crippen LogP contribution in [0.5, 0.6) is 5.75 Å². The van der Waals surface area contributed by atoms with Crippen molar-refractivity contribution < 1.29 is 4.74 Å². The van der Waals surface area contributed by atoms with Crippen LogP contribution in [0.2, 0.25) is 0 Å². The maximum atomic E-state index is 5.34. The lowest BCUT2D eigenvalue weighted by Crippen LogP contribution is -2.18. The van der Waals surface area contributed by atoms with Crippen LogP contribution >= 0.6 is 0 Å². The highest BCUT2D eigenvalue weighted by Gasteiger charge is 2.21. The fourth-order valence-electron chi connectivity index (χ4n) is 3.23. The van der Waals surface area contributed by atoms with E-state index in [1.807, 2.05) is 18.2 Å². The number of rotatable bonds is 3. The molecule has 5 nitrogen and oxygen atoms in total. The van der Waals surface area contributed by atoms with Gasteiger partial charge in [-0.15, -0.1) is 0 Å². The van der Waals surface area contributed by atoms with Gasteiger partial charge in [0.25, 0.3) is 0 Å². The molecule has 0 spiro atoms. The first-order chi connectivity index (χ1) is 11.3. The van der Waals surface area contributed by atoms with Crippen molar-refractivity contribution in [2.24, 2.45) is 0 Å². The number of nitrogens with zero attached hydrogens (tertiary/aromatic N) is 3. The lowest BCUT2D eigenvalue weighted by Gasteiger charge is -2.27. The van der Waals surface area contributed by atoms with Crippen LogP contribution in [0.1, 0.15) is 30.0 Å². The van der Waals surface area contributed by atoms with Crippen molar-refractivity contribution in [1.29, 1.82) is 0 Å². The van der Waals surface area contributed by atoms with Crippen LogP contribution in [-0.2, 0) is 6.42 Å². The number of aromatic nitrogens is 3. The lowest BCUT2D eigenvalue weighted by atomic mass is 9.87. The second-order valence-corrected chi connectivity index (χ2v) is 5.75. The number of pyridine rings is 1. The van der Waals surface area contributed by atoms with Gasteiger partial charge < -0.3 is 10.1 Å². The molecule has 1 aliphatic carbocycles. The first kappa shape index (κ1) is 13.9. The van der Waals surface area contributed by atoms with E-state index in [0.717, 1.165) is 41.9 Å². The van der Waals surface area contributed by atoms with Gasteiger partial charge >= 0.3 is 0 Å². The summed E-state index contributed by atoms with van der Waals surface area (Å²) in [5.41, 5.74) is 4.34. The van der Waals surface area contributed by atoms with Gasteiger partial charge in [-0.2, -0.15) is 0 Å². The third-order valence-electron chi connectivity index (χ3n) is 4.37. The van der Waals surface area contributed by atoms with Gasteiger partial charge in [-0.05, 0) is 54.7 Å². The molecule has 0 saturated carbocycles. The zero-order valence-electron chi connectivity index (χ0n) is 13.0. The van der Waals surface area contributed by atoms with Crippen molar-refractivity contribution >= 4 is 16.9 Å². The molecule has 3 aromatic rings. The molecule has 5 heteroatoms. The zero-order chi connectivity index (χ0) is 15.6. The fraction of sp³-hybridized carbons (Fsp3) is 0.278. The highest BCUT2D eigenvalue weighted by atomic mass is 16.5. The van der Waals surface area contributed by atoms with Crippen molar-refractivity contribution in [3.8, 4) is 5.75 Å². The number of nitrogens with one attached hydrogen (secondary N) is 1. The van der Waals surface area contributed by atoms with E-state index < -0.39 is 0 Å². The molecule has 0 bridgehead atoms. The molecule has 0 radical (unpaired) electrons. The molecule has 4 rings (SSSR count). The minimum atomic E-state index is 0.241. The third-order valence-corrected chi connectivity index (χ3v) is 4.37. The predicted molar refractivity (Wildman–Crippen MR) is 89.6 cm³/mol. The number of fused-ring (bicyclic) bond motifs is 2. The third kappa shape index (κ3) is 2.59. The molecule has 23 heavy (non-hydrogen) atoms. The number of aryl methyl sites for hydroxylation is 1. The van der Waals surface area contributed by atoms with Crippen LogP contribution in [0, 0.1) is 0 Å². The van der Waals surface area contributed by atoms with E-state index in [-0.39, 0.29) is 6.04 Å². The van der Waals surface area contributed by atoms with Crippen LogP contribution in [0.3, 0.4) is 0 Å². The summed E-state index contributed by atoms with van der Waals surface area (Å²) in [6, 6.07) is 10.4. The summed E-state index contributed by atoms with van der Waals surface area (Å²) in [4.78, 5) is 13.1. The Bertz CT molecular complexity index is 844. The van der Waals surface area contributed by atoms with Gasteiger partial charge in [0.2, 0.25) is 0 Å². The maximum absolute atomic E-state index is 5.34. The average Bonchev–Trinajstić information content (AvgIpc) is 2.62. The summed E-state index contributed by atoms with van der Waals surface area (Å²) in [6.45, 7) is 0. The molecule has 1 N–H and O–H groups in total. The average molecular weight is 306 g/mol. The van der Waals surface area contributed by atoms with Crippen molar-refractivity contribution in [3.05, 3.63) is 54.0 Å². The van der Waals surface area contributed by atoms with E-state index in [1.165, 1.54) is 11.1 Å². The predicted octanol–water partition coefficient (Wildman–Crippen LogP) is 3.52. The molecule has 0 amide bonds. The Morgan fingerprint density at radius 1 is 1.17 bits per heavy atom. The monoisotopic (exact) mass is 306 g/mol. The van der Waals surface area contributed by atoms with Crippen molar-refractivity contribution in [3.63, 3.8) is 0 Å². The number of benzene rings is 1. The number of hydrogen-bond donors (Lipinski definition) is 1. The number of methoxy groups -OCH3 is 1. The quantitative estimate of drug-likeness (QED) is 0.802. The van der Waals surface area contributed by atoms with Crippen molar-refractivity contribution in [1.82, 2.24) is 15.0 Å². The Balaban J connectivity index is 1.70. The van der Waals surface area contributed by atoms with Crippen LogP contribution in [0.15, 0.2) is 42.9 Å². The van der Waals surface area contributed by atoms with E-state index in [1.54, 1.807) is 19.6 Å². The summed E-state index contributed by atoms with van der Waals surface area (Å²) in [6.07, 6.45) is 6.68. The van der Waals surface area contributed by atoms with E-state index >= 15 is 0 Å². The smallest absolute Gasteiger partial charge is 0.156 e. The summed E-state index contributed by atoms with van der Waals surface area (Å²) in [5, 5.41) is 3.56.